The Labute approximate surface area is 218 Å². The number of phenols is 1. The van der Waals surface area contributed by atoms with Gasteiger partial charge in [0, 0.05) is 16.5 Å². The van der Waals surface area contributed by atoms with Crippen LogP contribution in [0.1, 0.15) is 21.5 Å². The molecular weight excluding hydrogens is 482 g/mol. The van der Waals surface area contributed by atoms with E-state index >= 15 is 0 Å². The first-order valence-corrected chi connectivity index (χ1v) is 11.8. The normalized spacial score (nSPS) is 11.3. The van der Waals surface area contributed by atoms with Gasteiger partial charge in [0.25, 0.3) is 0 Å². The number of hydrogen-bond donors (Lipinski definition) is 4. The SMILES string of the molecule is COc1ccc2c(N=Nc3cccc(-c4cccc(C(=O)O)c4)c3O)c(O)[nH]c2c1-c1ccc(C)c(C)c1. The number of aromatic amines is 1. The van der Waals surface area contributed by atoms with Crippen molar-refractivity contribution in [3.8, 4) is 39.6 Å². The second-order valence-electron chi connectivity index (χ2n) is 8.95. The molecule has 4 N–H and O–H groups in total. The Bertz CT molecular complexity index is 1740. The first-order valence-electron chi connectivity index (χ1n) is 11.8. The second-order valence-corrected chi connectivity index (χ2v) is 8.95. The van der Waals surface area contributed by atoms with Gasteiger partial charge in [-0.25, -0.2) is 4.79 Å². The lowest BCUT2D eigenvalue weighted by Gasteiger charge is -2.12. The van der Waals surface area contributed by atoms with Crippen molar-refractivity contribution >= 4 is 28.2 Å². The molecule has 0 radical (unpaired) electrons. The molecule has 0 aliphatic carbocycles. The first kappa shape index (κ1) is 24.6. The molecule has 0 spiro atoms. The van der Waals surface area contributed by atoms with Crippen molar-refractivity contribution in [2.24, 2.45) is 10.2 Å². The average Bonchev–Trinajstić information content (AvgIpc) is 3.23. The number of aromatic nitrogens is 1. The van der Waals surface area contributed by atoms with Gasteiger partial charge in [0.1, 0.15) is 11.4 Å². The summed E-state index contributed by atoms with van der Waals surface area (Å²) in [6.07, 6.45) is 0. The Hall–Kier alpha value is -5.11. The molecule has 5 rings (SSSR count). The van der Waals surface area contributed by atoms with Crippen molar-refractivity contribution in [2.45, 2.75) is 13.8 Å². The van der Waals surface area contributed by atoms with Crippen LogP contribution in [-0.2, 0) is 0 Å². The molecule has 5 aromatic rings. The van der Waals surface area contributed by atoms with Crippen molar-refractivity contribution < 1.29 is 24.9 Å². The fourth-order valence-electron chi connectivity index (χ4n) is 4.44. The monoisotopic (exact) mass is 507 g/mol. The van der Waals surface area contributed by atoms with E-state index in [-0.39, 0.29) is 28.6 Å². The van der Waals surface area contributed by atoms with Gasteiger partial charge in [-0.15, -0.1) is 10.2 Å². The number of aromatic carboxylic acids is 1. The first-order chi connectivity index (χ1) is 18.3. The molecule has 1 heterocycles. The molecular formula is C30H25N3O5. The number of methoxy groups -OCH3 is 1. The Morgan fingerprint density at radius 3 is 2.39 bits per heavy atom. The van der Waals surface area contributed by atoms with Gasteiger partial charge in [-0.3, -0.25) is 0 Å². The molecule has 0 amide bonds. The van der Waals surface area contributed by atoms with E-state index < -0.39 is 5.97 Å². The predicted octanol–water partition coefficient (Wildman–Crippen LogP) is 7.65. The lowest BCUT2D eigenvalue weighted by atomic mass is 9.98. The van der Waals surface area contributed by atoms with Crippen LogP contribution in [0.4, 0.5) is 11.4 Å². The molecule has 0 unspecified atom stereocenters. The zero-order valence-corrected chi connectivity index (χ0v) is 21.0. The summed E-state index contributed by atoms with van der Waals surface area (Å²) in [4.78, 5) is 14.4. The quantitative estimate of drug-likeness (QED) is 0.176. The third kappa shape index (κ3) is 4.32. The lowest BCUT2D eigenvalue weighted by molar-refractivity contribution is 0.0697. The van der Waals surface area contributed by atoms with Gasteiger partial charge in [-0.1, -0.05) is 42.5 Å². The zero-order chi connectivity index (χ0) is 27.0. The van der Waals surface area contributed by atoms with Crippen LogP contribution in [0.5, 0.6) is 17.4 Å². The largest absolute Gasteiger partial charge is 0.505 e. The number of fused-ring (bicyclic) bond motifs is 1. The van der Waals surface area contributed by atoms with Crippen molar-refractivity contribution in [3.05, 3.63) is 89.5 Å². The van der Waals surface area contributed by atoms with Crippen LogP contribution in [0, 0.1) is 13.8 Å². The number of hydrogen-bond acceptors (Lipinski definition) is 6. The highest BCUT2D eigenvalue weighted by Gasteiger charge is 2.19. The number of aryl methyl sites for hydroxylation is 2. The minimum atomic E-state index is -1.06. The summed E-state index contributed by atoms with van der Waals surface area (Å²) >= 11 is 0. The standard InChI is InChI=1S/C30H25N3O5/c1-16-10-11-19(14-17(16)2)25-24(38-3)13-12-22-26(25)31-29(35)27(22)33-32-23-9-5-8-21(28(23)34)18-6-4-7-20(15-18)30(36)37/h4-15,31,34-35H,1-3H3,(H,36,37). The Kier molecular flexibility index (Phi) is 6.30. The van der Waals surface area contributed by atoms with Gasteiger partial charge in [0.2, 0.25) is 5.88 Å². The van der Waals surface area contributed by atoms with Crippen LogP contribution in [0.2, 0.25) is 0 Å². The summed E-state index contributed by atoms with van der Waals surface area (Å²) < 4.78 is 5.62. The van der Waals surface area contributed by atoms with E-state index in [9.17, 15) is 20.1 Å². The van der Waals surface area contributed by atoms with Crippen molar-refractivity contribution in [2.75, 3.05) is 7.11 Å². The number of azo groups is 1. The summed E-state index contributed by atoms with van der Waals surface area (Å²) in [7, 11) is 1.59. The van der Waals surface area contributed by atoms with Crippen molar-refractivity contribution in [1.82, 2.24) is 4.98 Å². The molecule has 1 aromatic heterocycles. The molecule has 38 heavy (non-hydrogen) atoms. The van der Waals surface area contributed by atoms with Crippen LogP contribution in [0.25, 0.3) is 33.2 Å². The molecule has 0 atom stereocenters. The Balaban J connectivity index is 1.59. The molecule has 0 saturated heterocycles. The molecule has 0 saturated carbocycles. The van der Waals surface area contributed by atoms with Crippen LogP contribution in [-0.4, -0.2) is 33.4 Å². The number of nitrogens with one attached hydrogen (secondary N) is 1. The minimum Gasteiger partial charge on any atom is -0.505 e. The van der Waals surface area contributed by atoms with E-state index in [1.165, 1.54) is 17.7 Å². The highest BCUT2D eigenvalue weighted by Crippen LogP contribution is 2.45. The van der Waals surface area contributed by atoms with Gasteiger partial charge in [-0.05, 0) is 66.4 Å². The summed E-state index contributed by atoms with van der Waals surface area (Å²) in [5, 5.41) is 40.1. The molecule has 0 bridgehead atoms. The zero-order valence-electron chi connectivity index (χ0n) is 21.0. The fourth-order valence-corrected chi connectivity index (χ4v) is 4.44. The van der Waals surface area contributed by atoms with E-state index in [2.05, 4.69) is 21.3 Å². The van der Waals surface area contributed by atoms with Crippen LogP contribution in [0.3, 0.4) is 0 Å². The van der Waals surface area contributed by atoms with E-state index in [1.807, 2.05) is 32.0 Å². The number of benzene rings is 4. The predicted molar refractivity (Wildman–Crippen MR) is 146 cm³/mol. The number of H-pyrrole nitrogens is 1. The van der Waals surface area contributed by atoms with E-state index in [0.717, 1.165) is 16.7 Å². The average molecular weight is 508 g/mol. The smallest absolute Gasteiger partial charge is 0.335 e. The highest BCUT2D eigenvalue weighted by atomic mass is 16.5. The number of carbonyl (C=O) groups is 1. The molecule has 8 nitrogen and oxygen atoms in total. The summed E-state index contributed by atoms with van der Waals surface area (Å²) in [6, 6.07) is 20.9. The minimum absolute atomic E-state index is 0.104. The number of phenolic OH excluding ortho intramolecular Hbond substituents is 1. The summed E-state index contributed by atoms with van der Waals surface area (Å²) in [5.74, 6) is -0.754. The number of ether oxygens (including phenoxy) is 1. The van der Waals surface area contributed by atoms with Crippen LogP contribution >= 0.6 is 0 Å². The van der Waals surface area contributed by atoms with E-state index in [0.29, 0.717) is 27.8 Å². The fraction of sp³-hybridized carbons (Fsp3) is 0.100. The molecule has 0 fully saturated rings. The van der Waals surface area contributed by atoms with Crippen molar-refractivity contribution in [3.63, 3.8) is 0 Å². The molecule has 190 valence electrons. The van der Waals surface area contributed by atoms with Gasteiger partial charge in [0.15, 0.2) is 11.4 Å². The van der Waals surface area contributed by atoms with Gasteiger partial charge in [0.05, 0.1) is 18.2 Å². The lowest BCUT2D eigenvalue weighted by Crippen LogP contribution is -1.95. The second kappa shape index (κ2) is 9.74. The number of carboxylic acids is 1. The Morgan fingerprint density at radius 1 is 0.868 bits per heavy atom. The van der Waals surface area contributed by atoms with Crippen molar-refractivity contribution in [1.29, 1.82) is 0 Å². The highest BCUT2D eigenvalue weighted by molar-refractivity contribution is 6.05. The van der Waals surface area contributed by atoms with Crippen LogP contribution in [0.15, 0.2) is 83.0 Å². The molecule has 8 heteroatoms. The number of carboxylic acid groups (broad SMARTS) is 1. The van der Waals surface area contributed by atoms with Gasteiger partial charge >= 0.3 is 5.97 Å². The molecule has 0 aliphatic heterocycles. The number of nitrogens with zero attached hydrogens (tertiary/aromatic N) is 2. The maximum absolute atomic E-state index is 11.4. The van der Waals surface area contributed by atoms with E-state index in [1.54, 1.807) is 43.5 Å². The number of para-hydroxylation sites is 1. The van der Waals surface area contributed by atoms with Crippen LogP contribution < -0.4 is 4.74 Å². The number of rotatable bonds is 6. The topological polar surface area (TPSA) is 128 Å². The molecule has 0 aliphatic rings. The third-order valence-corrected chi connectivity index (χ3v) is 6.60. The molecule has 4 aromatic carbocycles. The number of aromatic hydroxyl groups is 2. The maximum atomic E-state index is 11.4. The Morgan fingerprint density at radius 2 is 1.66 bits per heavy atom. The van der Waals surface area contributed by atoms with Gasteiger partial charge < -0.3 is 25.0 Å². The maximum Gasteiger partial charge on any atom is 0.335 e. The van der Waals surface area contributed by atoms with E-state index in [4.69, 9.17) is 4.74 Å². The summed E-state index contributed by atoms with van der Waals surface area (Å²) in [5.41, 5.74) is 6.07. The van der Waals surface area contributed by atoms with Gasteiger partial charge in [-0.2, -0.15) is 0 Å². The summed E-state index contributed by atoms with van der Waals surface area (Å²) in [6.45, 7) is 4.08. The third-order valence-electron chi connectivity index (χ3n) is 6.60.